The molecule has 0 fully saturated rings. The fourth-order valence-corrected chi connectivity index (χ4v) is 3.51. The van der Waals surface area contributed by atoms with Crippen LogP contribution in [0.25, 0.3) is 0 Å². The van der Waals surface area contributed by atoms with Crippen molar-refractivity contribution in [2.45, 2.75) is 25.7 Å². The van der Waals surface area contributed by atoms with Gasteiger partial charge in [-0.2, -0.15) is 0 Å². The number of sulfonamides is 1. The van der Waals surface area contributed by atoms with Crippen molar-refractivity contribution in [2.24, 2.45) is 5.41 Å². The van der Waals surface area contributed by atoms with Crippen LogP contribution in [0.15, 0.2) is 23.1 Å². The molecule has 0 heterocycles. The van der Waals surface area contributed by atoms with E-state index in [9.17, 15) is 13.2 Å². The smallest absolute Gasteiger partial charge is 0.337 e. The van der Waals surface area contributed by atoms with Crippen LogP contribution in [0.4, 0.5) is 0 Å². The number of carboxylic acids is 1. The molecule has 7 heteroatoms. The maximum absolute atomic E-state index is 12.4. The van der Waals surface area contributed by atoms with Crippen LogP contribution < -0.4 is 0 Å². The average molecular weight is 320 g/mol. The van der Waals surface area contributed by atoms with Crippen molar-refractivity contribution >= 4 is 27.6 Å². The van der Waals surface area contributed by atoms with Crippen LogP contribution in [0.5, 0.6) is 0 Å². The zero-order valence-corrected chi connectivity index (χ0v) is 13.4. The average Bonchev–Trinajstić information content (AvgIpc) is 2.25. The Labute approximate surface area is 124 Å². The third kappa shape index (κ3) is 3.94. The Balaban J connectivity index is 3.17. The molecule has 0 aliphatic rings. The first-order valence-corrected chi connectivity index (χ1v) is 7.76. The third-order valence-electron chi connectivity index (χ3n) is 2.58. The van der Waals surface area contributed by atoms with Gasteiger partial charge in [-0.15, -0.1) is 0 Å². The van der Waals surface area contributed by atoms with Crippen molar-refractivity contribution in [1.82, 2.24) is 4.31 Å². The van der Waals surface area contributed by atoms with Crippen LogP contribution in [0, 0.1) is 5.41 Å². The molecule has 0 aromatic heterocycles. The third-order valence-corrected chi connectivity index (χ3v) is 4.69. The first kappa shape index (κ1) is 16.9. The molecule has 0 saturated carbocycles. The van der Waals surface area contributed by atoms with Crippen LogP contribution >= 0.6 is 11.6 Å². The van der Waals surface area contributed by atoms with E-state index in [0.29, 0.717) is 6.54 Å². The molecule has 1 aromatic carbocycles. The lowest BCUT2D eigenvalue weighted by molar-refractivity contribution is 0.0697. The number of benzene rings is 1. The maximum atomic E-state index is 12.4. The van der Waals surface area contributed by atoms with Gasteiger partial charge in [0.15, 0.2) is 0 Å². The number of hydrogen-bond acceptors (Lipinski definition) is 3. The van der Waals surface area contributed by atoms with Crippen molar-refractivity contribution < 1.29 is 18.3 Å². The second-order valence-corrected chi connectivity index (χ2v) is 8.22. The van der Waals surface area contributed by atoms with Gasteiger partial charge in [0.2, 0.25) is 10.0 Å². The normalized spacial score (nSPS) is 12.7. The van der Waals surface area contributed by atoms with Gasteiger partial charge in [-0.05, 0) is 23.6 Å². The lowest BCUT2D eigenvalue weighted by atomic mass is 9.97. The van der Waals surface area contributed by atoms with E-state index in [4.69, 9.17) is 16.7 Å². The van der Waals surface area contributed by atoms with Gasteiger partial charge >= 0.3 is 5.97 Å². The van der Waals surface area contributed by atoms with E-state index < -0.39 is 16.0 Å². The standard InChI is InChI=1S/C13H18ClNO4S/c1-13(2,3)8-15(4)20(18,19)9-5-6-10(12(16)17)11(14)7-9/h5-7H,8H2,1-4H3,(H,16,17). The molecule has 0 bridgehead atoms. The molecule has 1 aromatic rings. The Kier molecular flexibility index (Phi) is 4.84. The van der Waals surface area contributed by atoms with E-state index in [0.717, 1.165) is 0 Å². The van der Waals surface area contributed by atoms with Gasteiger partial charge in [0, 0.05) is 13.6 Å². The van der Waals surface area contributed by atoms with Crippen molar-refractivity contribution in [3.63, 3.8) is 0 Å². The lowest BCUT2D eigenvalue weighted by Crippen LogP contribution is -2.34. The predicted octanol–water partition coefficient (Wildman–Crippen LogP) is 2.70. The fourth-order valence-electron chi connectivity index (χ4n) is 1.76. The molecule has 0 aliphatic heterocycles. The molecule has 0 saturated heterocycles. The van der Waals surface area contributed by atoms with Gasteiger partial charge in [0.1, 0.15) is 0 Å². The van der Waals surface area contributed by atoms with E-state index in [-0.39, 0.29) is 20.9 Å². The zero-order valence-electron chi connectivity index (χ0n) is 11.8. The second-order valence-electron chi connectivity index (χ2n) is 5.77. The molecule has 0 radical (unpaired) electrons. The summed E-state index contributed by atoms with van der Waals surface area (Å²) in [5.41, 5.74) is -0.309. The van der Waals surface area contributed by atoms with E-state index in [2.05, 4.69) is 0 Å². The minimum atomic E-state index is -3.68. The highest BCUT2D eigenvalue weighted by atomic mass is 35.5. The van der Waals surface area contributed by atoms with Crippen LogP contribution in [0.2, 0.25) is 5.02 Å². The molecule has 112 valence electrons. The largest absolute Gasteiger partial charge is 0.478 e. The number of aromatic carboxylic acids is 1. The Morgan fingerprint density at radius 2 is 1.90 bits per heavy atom. The summed E-state index contributed by atoms with van der Waals surface area (Å²) in [6.45, 7) is 6.13. The molecule has 1 rings (SSSR count). The Bertz CT molecular complexity index is 620. The summed E-state index contributed by atoms with van der Waals surface area (Å²) < 4.78 is 26.0. The van der Waals surface area contributed by atoms with Gasteiger partial charge in [0.25, 0.3) is 0 Å². The van der Waals surface area contributed by atoms with Crippen LogP contribution in [-0.4, -0.2) is 37.4 Å². The SMILES string of the molecule is CN(CC(C)(C)C)S(=O)(=O)c1ccc(C(=O)O)c(Cl)c1. The first-order valence-electron chi connectivity index (χ1n) is 5.94. The molecular weight excluding hydrogens is 302 g/mol. The Hall–Kier alpha value is -1.11. The number of carboxylic acid groups (broad SMARTS) is 1. The van der Waals surface area contributed by atoms with Crippen molar-refractivity contribution in [3.8, 4) is 0 Å². The van der Waals surface area contributed by atoms with Gasteiger partial charge in [0.05, 0.1) is 15.5 Å². The van der Waals surface area contributed by atoms with Crippen LogP contribution in [0.3, 0.4) is 0 Å². The summed E-state index contributed by atoms with van der Waals surface area (Å²) in [5, 5.41) is 8.78. The Morgan fingerprint density at radius 3 is 2.30 bits per heavy atom. The maximum Gasteiger partial charge on any atom is 0.337 e. The van der Waals surface area contributed by atoms with E-state index in [1.54, 1.807) is 0 Å². The summed E-state index contributed by atoms with van der Waals surface area (Å²) in [4.78, 5) is 10.8. The van der Waals surface area contributed by atoms with Crippen LogP contribution in [0.1, 0.15) is 31.1 Å². The van der Waals surface area contributed by atoms with E-state index in [1.165, 1.54) is 29.6 Å². The number of carbonyl (C=O) groups is 1. The highest BCUT2D eigenvalue weighted by Gasteiger charge is 2.26. The summed E-state index contributed by atoms with van der Waals surface area (Å²) in [5.74, 6) is -1.19. The molecule has 0 aliphatic carbocycles. The predicted molar refractivity (Wildman–Crippen MR) is 77.7 cm³/mol. The molecule has 0 amide bonds. The highest BCUT2D eigenvalue weighted by Crippen LogP contribution is 2.25. The number of nitrogens with zero attached hydrogens (tertiary/aromatic N) is 1. The summed E-state index contributed by atoms with van der Waals surface area (Å²) in [6.07, 6.45) is 0. The minimum Gasteiger partial charge on any atom is -0.478 e. The molecule has 0 spiro atoms. The molecular formula is C13H18ClNO4S. The fraction of sp³-hybridized carbons (Fsp3) is 0.462. The lowest BCUT2D eigenvalue weighted by Gasteiger charge is -2.26. The van der Waals surface area contributed by atoms with Crippen molar-refractivity contribution in [1.29, 1.82) is 0 Å². The highest BCUT2D eigenvalue weighted by molar-refractivity contribution is 7.89. The first-order chi connectivity index (χ1) is 8.95. The molecule has 0 unspecified atom stereocenters. The molecule has 0 atom stereocenters. The van der Waals surface area contributed by atoms with Gasteiger partial charge in [-0.3, -0.25) is 0 Å². The van der Waals surface area contributed by atoms with Gasteiger partial charge < -0.3 is 5.11 Å². The quantitative estimate of drug-likeness (QED) is 0.926. The summed E-state index contributed by atoms with van der Waals surface area (Å²) in [7, 11) is -2.20. The van der Waals surface area contributed by atoms with Gasteiger partial charge in [-0.25, -0.2) is 17.5 Å². The van der Waals surface area contributed by atoms with E-state index >= 15 is 0 Å². The van der Waals surface area contributed by atoms with Crippen molar-refractivity contribution in [3.05, 3.63) is 28.8 Å². The Morgan fingerprint density at radius 1 is 1.35 bits per heavy atom. The van der Waals surface area contributed by atoms with Crippen molar-refractivity contribution in [2.75, 3.05) is 13.6 Å². The number of halogens is 1. The molecule has 20 heavy (non-hydrogen) atoms. The monoisotopic (exact) mass is 319 g/mol. The topological polar surface area (TPSA) is 74.7 Å². The van der Waals surface area contributed by atoms with Gasteiger partial charge in [-0.1, -0.05) is 32.4 Å². The second kappa shape index (κ2) is 5.71. The minimum absolute atomic E-state index is 0.0146. The number of hydrogen-bond donors (Lipinski definition) is 1. The summed E-state index contributed by atoms with van der Waals surface area (Å²) >= 11 is 5.80. The van der Waals surface area contributed by atoms with E-state index in [1.807, 2.05) is 20.8 Å². The molecule has 5 nitrogen and oxygen atoms in total. The number of rotatable bonds is 4. The molecule has 1 N–H and O–H groups in total. The summed E-state index contributed by atoms with van der Waals surface area (Å²) in [6, 6.07) is 3.62. The zero-order chi connectivity index (χ0) is 15.7. The van der Waals surface area contributed by atoms with Crippen LogP contribution in [-0.2, 0) is 10.0 Å².